The second-order valence-corrected chi connectivity index (χ2v) is 5.32. The summed E-state index contributed by atoms with van der Waals surface area (Å²) in [5.74, 6) is 3.07. The van der Waals surface area contributed by atoms with Gasteiger partial charge in [0.25, 0.3) is 0 Å². The average molecular weight is 182 g/mol. The van der Waals surface area contributed by atoms with Crippen molar-refractivity contribution in [3.63, 3.8) is 0 Å². The highest BCUT2D eigenvalue weighted by atomic mass is 14.3. The van der Waals surface area contributed by atoms with Gasteiger partial charge in [0.1, 0.15) is 0 Å². The van der Waals surface area contributed by atoms with E-state index < -0.39 is 0 Å². The zero-order valence-electron chi connectivity index (χ0n) is 9.68. The van der Waals surface area contributed by atoms with E-state index >= 15 is 0 Å². The monoisotopic (exact) mass is 182 g/mol. The molecule has 1 saturated carbocycles. The van der Waals surface area contributed by atoms with Crippen LogP contribution in [-0.4, -0.2) is 0 Å². The van der Waals surface area contributed by atoms with E-state index in [0.29, 0.717) is 0 Å². The molecule has 13 heavy (non-hydrogen) atoms. The van der Waals surface area contributed by atoms with Crippen molar-refractivity contribution < 1.29 is 0 Å². The van der Waals surface area contributed by atoms with Gasteiger partial charge in [-0.3, -0.25) is 0 Å². The molecule has 0 bridgehead atoms. The molecule has 0 amide bonds. The van der Waals surface area contributed by atoms with E-state index in [1.54, 1.807) is 0 Å². The van der Waals surface area contributed by atoms with Crippen LogP contribution in [0.15, 0.2) is 0 Å². The summed E-state index contributed by atoms with van der Waals surface area (Å²) in [6.45, 7) is 7.03. The summed E-state index contributed by atoms with van der Waals surface area (Å²) in [5, 5.41) is 0. The molecule has 1 aliphatic rings. The molecule has 0 saturated heterocycles. The first-order valence-electron chi connectivity index (χ1n) is 6.22. The van der Waals surface area contributed by atoms with Crippen LogP contribution in [0, 0.1) is 17.8 Å². The van der Waals surface area contributed by atoms with Gasteiger partial charge in [-0.2, -0.15) is 0 Å². The Morgan fingerprint density at radius 2 is 1.85 bits per heavy atom. The van der Waals surface area contributed by atoms with Gasteiger partial charge < -0.3 is 0 Å². The molecule has 0 aliphatic heterocycles. The van der Waals surface area contributed by atoms with Crippen molar-refractivity contribution in [2.75, 3.05) is 0 Å². The molecule has 0 radical (unpaired) electrons. The average Bonchev–Trinajstić information content (AvgIpc) is 2.48. The van der Waals surface area contributed by atoms with Gasteiger partial charge in [-0.1, -0.05) is 52.9 Å². The van der Waals surface area contributed by atoms with Crippen LogP contribution in [0.25, 0.3) is 0 Å². The molecule has 0 aromatic carbocycles. The van der Waals surface area contributed by atoms with E-state index in [1.165, 1.54) is 44.9 Å². The third kappa shape index (κ3) is 4.15. The first kappa shape index (κ1) is 11.1. The number of rotatable bonds is 5. The van der Waals surface area contributed by atoms with Gasteiger partial charge in [-0.15, -0.1) is 0 Å². The Hall–Kier alpha value is 0. The standard InChI is InChI=1S/C13H26/c1-4-5-6-12-7-8-13(10-12)9-11(2)3/h11-13H,4-10H2,1-3H3. The van der Waals surface area contributed by atoms with E-state index in [1.807, 2.05) is 0 Å². The Kier molecular flexibility index (Phi) is 4.83. The summed E-state index contributed by atoms with van der Waals surface area (Å²) in [6.07, 6.45) is 10.4. The first-order valence-corrected chi connectivity index (χ1v) is 6.22. The van der Waals surface area contributed by atoms with Gasteiger partial charge >= 0.3 is 0 Å². The maximum absolute atomic E-state index is 2.36. The number of hydrogen-bond acceptors (Lipinski definition) is 0. The van der Waals surface area contributed by atoms with Crippen LogP contribution >= 0.6 is 0 Å². The van der Waals surface area contributed by atoms with Crippen molar-refractivity contribution in [2.24, 2.45) is 17.8 Å². The molecule has 78 valence electrons. The van der Waals surface area contributed by atoms with Crippen LogP contribution in [-0.2, 0) is 0 Å². The van der Waals surface area contributed by atoms with Gasteiger partial charge in [-0.05, 0) is 30.6 Å². The SMILES string of the molecule is CCCCC1CCC(CC(C)C)C1. The zero-order chi connectivity index (χ0) is 9.68. The molecule has 0 aromatic rings. The smallest absolute Gasteiger partial charge is 0.0409 e. The van der Waals surface area contributed by atoms with E-state index in [0.717, 1.165) is 17.8 Å². The summed E-state index contributed by atoms with van der Waals surface area (Å²) >= 11 is 0. The van der Waals surface area contributed by atoms with Crippen molar-refractivity contribution in [1.29, 1.82) is 0 Å². The molecule has 0 aromatic heterocycles. The molecular formula is C13H26. The van der Waals surface area contributed by atoms with Gasteiger partial charge in [-0.25, -0.2) is 0 Å². The molecule has 0 nitrogen and oxygen atoms in total. The van der Waals surface area contributed by atoms with Gasteiger partial charge in [0.05, 0.1) is 0 Å². The lowest BCUT2D eigenvalue weighted by atomic mass is 9.93. The lowest BCUT2D eigenvalue weighted by Crippen LogP contribution is -2.00. The van der Waals surface area contributed by atoms with Crippen molar-refractivity contribution in [2.45, 2.75) is 65.7 Å². The summed E-state index contributed by atoms with van der Waals surface area (Å²) in [6, 6.07) is 0. The van der Waals surface area contributed by atoms with Crippen LogP contribution in [0.5, 0.6) is 0 Å². The molecule has 0 heterocycles. The van der Waals surface area contributed by atoms with Crippen LogP contribution < -0.4 is 0 Å². The predicted octanol–water partition coefficient (Wildman–Crippen LogP) is 4.64. The van der Waals surface area contributed by atoms with Crippen LogP contribution in [0.4, 0.5) is 0 Å². The Labute approximate surface area is 84.1 Å². The molecule has 1 fully saturated rings. The Bertz CT molecular complexity index is 126. The summed E-state index contributed by atoms with van der Waals surface area (Å²) in [4.78, 5) is 0. The molecule has 2 atom stereocenters. The summed E-state index contributed by atoms with van der Waals surface area (Å²) in [5.41, 5.74) is 0. The molecule has 0 heteroatoms. The fraction of sp³-hybridized carbons (Fsp3) is 1.00. The largest absolute Gasteiger partial charge is 0.0654 e. The normalized spacial score (nSPS) is 28.6. The minimum Gasteiger partial charge on any atom is -0.0654 e. The third-order valence-corrected chi connectivity index (χ3v) is 3.42. The highest BCUT2D eigenvalue weighted by molar-refractivity contribution is 4.76. The maximum Gasteiger partial charge on any atom is -0.0409 e. The van der Waals surface area contributed by atoms with E-state index in [9.17, 15) is 0 Å². The van der Waals surface area contributed by atoms with Crippen molar-refractivity contribution in [1.82, 2.24) is 0 Å². The molecule has 0 spiro atoms. The number of hydrogen-bond donors (Lipinski definition) is 0. The van der Waals surface area contributed by atoms with Crippen molar-refractivity contribution in [3.05, 3.63) is 0 Å². The second kappa shape index (κ2) is 5.67. The van der Waals surface area contributed by atoms with Gasteiger partial charge in [0.2, 0.25) is 0 Å². The minimum atomic E-state index is 0.912. The highest BCUT2D eigenvalue weighted by Crippen LogP contribution is 2.37. The van der Waals surface area contributed by atoms with E-state index in [2.05, 4.69) is 20.8 Å². The molecule has 0 N–H and O–H groups in total. The fourth-order valence-corrected chi connectivity index (χ4v) is 2.81. The second-order valence-electron chi connectivity index (χ2n) is 5.32. The highest BCUT2D eigenvalue weighted by Gasteiger charge is 2.24. The van der Waals surface area contributed by atoms with Crippen molar-refractivity contribution >= 4 is 0 Å². The predicted molar refractivity (Wildman–Crippen MR) is 59.8 cm³/mol. The molecule has 1 rings (SSSR count). The lowest BCUT2D eigenvalue weighted by molar-refractivity contribution is 0.391. The first-order chi connectivity index (χ1) is 6.22. The summed E-state index contributed by atoms with van der Waals surface area (Å²) in [7, 11) is 0. The fourth-order valence-electron chi connectivity index (χ4n) is 2.81. The van der Waals surface area contributed by atoms with Crippen LogP contribution in [0.1, 0.15) is 65.7 Å². The summed E-state index contributed by atoms with van der Waals surface area (Å²) < 4.78 is 0. The molecular weight excluding hydrogens is 156 g/mol. The van der Waals surface area contributed by atoms with Gasteiger partial charge in [0, 0.05) is 0 Å². The maximum atomic E-state index is 2.36. The topological polar surface area (TPSA) is 0 Å². The minimum absolute atomic E-state index is 0.912. The number of unbranched alkanes of at least 4 members (excludes halogenated alkanes) is 1. The molecule has 1 aliphatic carbocycles. The quantitative estimate of drug-likeness (QED) is 0.581. The van der Waals surface area contributed by atoms with Gasteiger partial charge in [0.15, 0.2) is 0 Å². The van der Waals surface area contributed by atoms with E-state index in [4.69, 9.17) is 0 Å². The van der Waals surface area contributed by atoms with Crippen molar-refractivity contribution in [3.8, 4) is 0 Å². The van der Waals surface area contributed by atoms with E-state index in [-0.39, 0.29) is 0 Å². The lowest BCUT2D eigenvalue weighted by Gasteiger charge is -2.12. The van der Waals surface area contributed by atoms with Crippen LogP contribution in [0.2, 0.25) is 0 Å². The Morgan fingerprint density at radius 1 is 1.15 bits per heavy atom. The molecule has 2 unspecified atom stereocenters. The Balaban J connectivity index is 2.12. The zero-order valence-corrected chi connectivity index (χ0v) is 9.68. The third-order valence-electron chi connectivity index (χ3n) is 3.42. The van der Waals surface area contributed by atoms with Crippen LogP contribution in [0.3, 0.4) is 0 Å². The Morgan fingerprint density at radius 3 is 2.46 bits per heavy atom.